The molecule has 1 aromatic rings. The molecule has 2 N–H and O–H groups in total. The number of hydrogen-bond donors (Lipinski definition) is 1. The molecule has 0 aliphatic heterocycles. The lowest BCUT2D eigenvalue weighted by molar-refractivity contribution is 0.151. The molecule has 88 valence electrons. The summed E-state index contributed by atoms with van der Waals surface area (Å²) in [7, 11) is 0. The maximum Gasteiger partial charge on any atom is 0.263 e. The molecule has 1 nitrogen and oxygen atoms in total. The number of rotatable bonds is 2. The maximum atomic E-state index is 12.6. The highest BCUT2D eigenvalue weighted by Gasteiger charge is 2.33. The van der Waals surface area contributed by atoms with Crippen LogP contribution in [0.1, 0.15) is 43.2 Å². The second-order valence-electron chi connectivity index (χ2n) is 4.40. The largest absolute Gasteiger partial charge is 0.321 e. The number of alkyl halides is 2. The molecule has 1 fully saturated rings. The first-order valence-corrected chi connectivity index (χ1v) is 5.78. The molecule has 1 aliphatic rings. The quantitative estimate of drug-likeness (QED) is 0.837. The minimum absolute atomic E-state index is 0.00359. The standard InChI is InChI=1S/C12H14ClF2N/c13-10-4-3-8(11(14)15)7-9(10)12(16)5-1-2-6-12/h3-4,7,11H,1-2,5-6,16H2. The molecule has 1 aromatic carbocycles. The predicted molar refractivity (Wildman–Crippen MR) is 60.7 cm³/mol. The van der Waals surface area contributed by atoms with Crippen LogP contribution < -0.4 is 5.73 Å². The topological polar surface area (TPSA) is 26.0 Å². The summed E-state index contributed by atoms with van der Waals surface area (Å²) in [6.07, 6.45) is 1.23. The van der Waals surface area contributed by atoms with Crippen LogP contribution in [0.25, 0.3) is 0 Å². The van der Waals surface area contributed by atoms with Gasteiger partial charge >= 0.3 is 0 Å². The number of nitrogens with two attached hydrogens (primary N) is 1. The van der Waals surface area contributed by atoms with E-state index in [1.165, 1.54) is 18.2 Å². The van der Waals surface area contributed by atoms with Crippen molar-refractivity contribution in [2.45, 2.75) is 37.6 Å². The van der Waals surface area contributed by atoms with E-state index >= 15 is 0 Å². The third-order valence-corrected chi connectivity index (χ3v) is 3.60. The van der Waals surface area contributed by atoms with Crippen LogP contribution in [0.2, 0.25) is 5.02 Å². The number of benzene rings is 1. The van der Waals surface area contributed by atoms with Crippen molar-refractivity contribution in [1.29, 1.82) is 0 Å². The van der Waals surface area contributed by atoms with Crippen molar-refractivity contribution >= 4 is 11.6 Å². The lowest BCUT2D eigenvalue weighted by Gasteiger charge is -2.26. The van der Waals surface area contributed by atoms with Crippen LogP contribution >= 0.6 is 11.6 Å². The van der Waals surface area contributed by atoms with Crippen LogP contribution in [0.5, 0.6) is 0 Å². The van der Waals surface area contributed by atoms with Crippen LogP contribution in [-0.4, -0.2) is 0 Å². The first-order valence-electron chi connectivity index (χ1n) is 5.40. The lowest BCUT2D eigenvalue weighted by Crippen LogP contribution is -2.33. The predicted octanol–water partition coefficient (Wildman–Crippen LogP) is 4.01. The van der Waals surface area contributed by atoms with E-state index in [9.17, 15) is 8.78 Å². The van der Waals surface area contributed by atoms with Crippen molar-refractivity contribution in [3.05, 3.63) is 34.3 Å². The Morgan fingerprint density at radius 1 is 1.25 bits per heavy atom. The van der Waals surface area contributed by atoms with Gasteiger partial charge in [-0.3, -0.25) is 0 Å². The highest BCUT2D eigenvalue weighted by molar-refractivity contribution is 6.31. The number of hydrogen-bond acceptors (Lipinski definition) is 1. The highest BCUT2D eigenvalue weighted by atomic mass is 35.5. The van der Waals surface area contributed by atoms with E-state index in [0.29, 0.717) is 10.6 Å². The summed E-state index contributed by atoms with van der Waals surface area (Å²) < 4.78 is 25.2. The molecule has 0 bridgehead atoms. The Hall–Kier alpha value is -0.670. The SMILES string of the molecule is NC1(c2cc(C(F)F)ccc2Cl)CCCC1. The summed E-state index contributed by atoms with van der Waals surface area (Å²) in [6, 6.07) is 4.33. The second-order valence-corrected chi connectivity index (χ2v) is 4.81. The molecule has 0 unspecified atom stereocenters. The molecule has 4 heteroatoms. The van der Waals surface area contributed by atoms with Gasteiger partial charge in [-0.15, -0.1) is 0 Å². The Morgan fingerprint density at radius 2 is 1.88 bits per heavy atom. The van der Waals surface area contributed by atoms with Gasteiger partial charge in [-0.25, -0.2) is 8.78 Å². The summed E-state index contributed by atoms with van der Waals surface area (Å²) in [4.78, 5) is 0. The van der Waals surface area contributed by atoms with Gasteiger partial charge in [0.1, 0.15) is 0 Å². The van der Waals surface area contributed by atoms with Crippen LogP contribution in [0.15, 0.2) is 18.2 Å². The molecule has 0 atom stereocenters. The Morgan fingerprint density at radius 3 is 2.44 bits per heavy atom. The molecule has 16 heavy (non-hydrogen) atoms. The molecule has 0 spiro atoms. The van der Waals surface area contributed by atoms with Gasteiger partial charge in [0.2, 0.25) is 0 Å². The highest BCUT2D eigenvalue weighted by Crippen LogP contribution is 2.40. The van der Waals surface area contributed by atoms with Crippen molar-refractivity contribution in [1.82, 2.24) is 0 Å². The lowest BCUT2D eigenvalue weighted by atomic mass is 9.88. The summed E-state index contributed by atoms with van der Waals surface area (Å²) in [5.74, 6) is 0. The zero-order valence-corrected chi connectivity index (χ0v) is 9.61. The van der Waals surface area contributed by atoms with Gasteiger partial charge in [0.15, 0.2) is 0 Å². The zero-order valence-electron chi connectivity index (χ0n) is 8.85. The fourth-order valence-electron chi connectivity index (χ4n) is 2.34. The van der Waals surface area contributed by atoms with Gasteiger partial charge < -0.3 is 5.73 Å². The summed E-state index contributed by atoms with van der Waals surface area (Å²) >= 11 is 6.05. The van der Waals surface area contributed by atoms with Gasteiger partial charge in [-0.2, -0.15) is 0 Å². The molecule has 2 rings (SSSR count). The van der Waals surface area contributed by atoms with E-state index in [0.717, 1.165) is 25.7 Å². The van der Waals surface area contributed by atoms with Crippen LogP contribution in [0.3, 0.4) is 0 Å². The molecule has 1 saturated carbocycles. The van der Waals surface area contributed by atoms with Crippen molar-refractivity contribution < 1.29 is 8.78 Å². The van der Waals surface area contributed by atoms with Crippen LogP contribution in [0, 0.1) is 0 Å². The van der Waals surface area contributed by atoms with Gasteiger partial charge in [0.05, 0.1) is 0 Å². The molecule has 0 saturated heterocycles. The molecule has 0 heterocycles. The van der Waals surface area contributed by atoms with E-state index in [4.69, 9.17) is 17.3 Å². The van der Waals surface area contributed by atoms with E-state index in [1.54, 1.807) is 0 Å². The van der Waals surface area contributed by atoms with Crippen molar-refractivity contribution in [3.63, 3.8) is 0 Å². The normalized spacial score (nSPS) is 19.3. The molecule has 0 radical (unpaired) electrons. The number of halogens is 3. The first kappa shape index (κ1) is 11.8. The van der Waals surface area contributed by atoms with Crippen molar-refractivity contribution in [3.8, 4) is 0 Å². The molecule has 0 aromatic heterocycles. The molecular formula is C12H14ClF2N. The third-order valence-electron chi connectivity index (χ3n) is 3.27. The maximum absolute atomic E-state index is 12.6. The molecule has 1 aliphatic carbocycles. The van der Waals surface area contributed by atoms with Crippen LogP contribution in [0.4, 0.5) is 8.78 Å². The van der Waals surface area contributed by atoms with Gasteiger partial charge in [0, 0.05) is 16.1 Å². The Balaban J connectivity index is 2.42. The van der Waals surface area contributed by atoms with Crippen LogP contribution in [-0.2, 0) is 5.54 Å². The van der Waals surface area contributed by atoms with E-state index < -0.39 is 12.0 Å². The van der Waals surface area contributed by atoms with E-state index in [1.807, 2.05) is 0 Å². The smallest absolute Gasteiger partial charge is 0.263 e. The minimum atomic E-state index is -2.47. The van der Waals surface area contributed by atoms with Gasteiger partial charge in [0.25, 0.3) is 6.43 Å². The average Bonchev–Trinajstić information content (AvgIpc) is 2.66. The fraction of sp³-hybridized carbons (Fsp3) is 0.500. The van der Waals surface area contributed by atoms with Crippen molar-refractivity contribution in [2.24, 2.45) is 5.73 Å². The van der Waals surface area contributed by atoms with Gasteiger partial charge in [-0.05, 0) is 30.5 Å². The van der Waals surface area contributed by atoms with Gasteiger partial charge in [-0.1, -0.05) is 30.5 Å². The fourth-order valence-corrected chi connectivity index (χ4v) is 2.64. The molecular weight excluding hydrogens is 232 g/mol. The van der Waals surface area contributed by atoms with Crippen molar-refractivity contribution in [2.75, 3.05) is 0 Å². The Labute approximate surface area is 98.6 Å². The minimum Gasteiger partial charge on any atom is -0.321 e. The summed E-state index contributed by atoms with van der Waals surface area (Å²) in [5, 5.41) is 0.494. The Bertz CT molecular complexity index is 387. The third kappa shape index (κ3) is 2.06. The first-order chi connectivity index (χ1) is 7.53. The zero-order chi connectivity index (χ0) is 11.8. The summed E-state index contributed by atoms with van der Waals surface area (Å²) in [6.45, 7) is 0. The average molecular weight is 246 g/mol. The van der Waals surface area contributed by atoms with E-state index in [-0.39, 0.29) is 5.56 Å². The molecule has 0 amide bonds. The monoisotopic (exact) mass is 245 g/mol. The Kier molecular flexibility index (Phi) is 3.17. The summed E-state index contributed by atoms with van der Waals surface area (Å²) in [5.41, 5.74) is 6.38. The second kappa shape index (κ2) is 4.30. The van der Waals surface area contributed by atoms with E-state index in [2.05, 4.69) is 0 Å².